The first-order valence-corrected chi connectivity index (χ1v) is 6.87. The first-order valence-electron chi connectivity index (χ1n) is 6.87. The lowest BCUT2D eigenvalue weighted by Gasteiger charge is -2.23. The number of rotatable bonds is 5. The second kappa shape index (κ2) is 6.57. The summed E-state index contributed by atoms with van der Waals surface area (Å²) in [6.45, 7) is 4.37. The van der Waals surface area contributed by atoms with E-state index in [1.165, 1.54) is 12.8 Å². The summed E-state index contributed by atoms with van der Waals surface area (Å²) in [5.74, 6) is 0.869. The molecule has 19 heavy (non-hydrogen) atoms. The van der Waals surface area contributed by atoms with Crippen LogP contribution < -0.4 is 10.1 Å². The Kier molecular flexibility index (Phi) is 4.80. The van der Waals surface area contributed by atoms with Crippen molar-refractivity contribution in [2.24, 2.45) is 0 Å². The Hall–Kier alpha value is -1.55. The van der Waals surface area contributed by atoms with Gasteiger partial charge in [0, 0.05) is 18.2 Å². The average molecular weight is 262 g/mol. The molecule has 0 saturated carbocycles. The number of likely N-dealkylation sites (tertiary alicyclic amines) is 1. The van der Waals surface area contributed by atoms with Gasteiger partial charge in [-0.3, -0.25) is 4.79 Å². The molecular weight excluding hydrogens is 240 g/mol. The van der Waals surface area contributed by atoms with Crippen molar-refractivity contribution in [3.8, 4) is 5.75 Å². The lowest BCUT2D eigenvalue weighted by Crippen LogP contribution is -2.33. The molecule has 1 aliphatic heterocycles. The van der Waals surface area contributed by atoms with Gasteiger partial charge in [-0.05, 0) is 57.1 Å². The number of carbonyl (C=O) groups excluding carboxylic acids is 1. The Bertz CT molecular complexity index is 411. The Morgan fingerprint density at radius 2 is 1.95 bits per heavy atom. The molecule has 0 unspecified atom stereocenters. The molecule has 1 saturated heterocycles. The molecule has 1 aromatic rings. The van der Waals surface area contributed by atoms with E-state index in [4.69, 9.17) is 4.74 Å². The summed E-state index contributed by atoms with van der Waals surface area (Å²) < 4.78 is 5.09. The van der Waals surface area contributed by atoms with Gasteiger partial charge in [-0.1, -0.05) is 0 Å². The summed E-state index contributed by atoms with van der Waals surface area (Å²) in [6.07, 6.45) is 3.06. The maximum absolute atomic E-state index is 12.0. The Balaban J connectivity index is 1.82. The molecule has 0 spiro atoms. The molecular formula is C15H22N2O2. The van der Waals surface area contributed by atoms with Gasteiger partial charge in [-0.25, -0.2) is 0 Å². The van der Waals surface area contributed by atoms with Crippen LogP contribution in [0.4, 0.5) is 5.69 Å². The van der Waals surface area contributed by atoms with Crippen LogP contribution in [0.2, 0.25) is 0 Å². The predicted molar refractivity (Wildman–Crippen MR) is 76.5 cm³/mol. The minimum Gasteiger partial charge on any atom is -0.497 e. The lowest BCUT2D eigenvalue weighted by molar-refractivity contribution is -0.117. The van der Waals surface area contributed by atoms with E-state index in [1.807, 2.05) is 24.3 Å². The number of ether oxygens (including phenoxy) is 1. The van der Waals surface area contributed by atoms with Gasteiger partial charge >= 0.3 is 0 Å². The summed E-state index contributed by atoms with van der Waals surface area (Å²) in [5, 5.41) is 2.93. The van der Waals surface area contributed by atoms with Crippen LogP contribution in [0.5, 0.6) is 5.75 Å². The van der Waals surface area contributed by atoms with Crippen molar-refractivity contribution in [2.45, 2.75) is 32.2 Å². The van der Waals surface area contributed by atoms with Crippen molar-refractivity contribution in [1.29, 1.82) is 0 Å². The van der Waals surface area contributed by atoms with E-state index >= 15 is 0 Å². The number of anilines is 1. The molecule has 1 aromatic carbocycles. The van der Waals surface area contributed by atoms with E-state index in [1.54, 1.807) is 7.11 Å². The third-order valence-corrected chi connectivity index (χ3v) is 3.62. The molecule has 1 fully saturated rings. The summed E-state index contributed by atoms with van der Waals surface area (Å²) in [7, 11) is 1.63. The number of carbonyl (C=O) groups is 1. The average Bonchev–Trinajstić information content (AvgIpc) is 2.93. The second-order valence-electron chi connectivity index (χ2n) is 5.07. The summed E-state index contributed by atoms with van der Waals surface area (Å²) >= 11 is 0. The van der Waals surface area contributed by atoms with Gasteiger partial charge in [0.15, 0.2) is 0 Å². The highest BCUT2D eigenvalue weighted by Crippen LogP contribution is 2.17. The molecule has 0 bridgehead atoms. The van der Waals surface area contributed by atoms with E-state index in [-0.39, 0.29) is 5.91 Å². The minimum absolute atomic E-state index is 0.0737. The Morgan fingerprint density at radius 1 is 1.32 bits per heavy atom. The molecule has 0 aliphatic carbocycles. The van der Waals surface area contributed by atoms with E-state index in [0.29, 0.717) is 12.5 Å². The highest BCUT2D eigenvalue weighted by Gasteiger charge is 2.20. The number of methoxy groups -OCH3 is 1. The number of hydrogen-bond donors (Lipinski definition) is 1. The quantitative estimate of drug-likeness (QED) is 0.886. The van der Waals surface area contributed by atoms with Crippen LogP contribution in [0.1, 0.15) is 26.2 Å². The van der Waals surface area contributed by atoms with Crippen LogP contribution in [0.3, 0.4) is 0 Å². The van der Waals surface area contributed by atoms with Crippen molar-refractivity contribution in [2.75, 3.05) is 25.5 Å². The molecule has 1 N–H and O–H groups in total. The fourth-order valence-corrected chi connectivity index (χ4v) is 2.47. The minimum atomic E-state index is 0.0737. The molecule has 1 heterocycles. The maximum atomic E-state index is 12.0. The Morgan fingerprint density at radius 3 is 2.53 bits per heavy atom. The molecule has 4 nitrogen and oxygen atoms in total. The number of nitrogens with one attached hydrogen (secondary N) is 1. The van der Waals surface area contributed by atoms with E-state index < -0.39 is 0 Å². The van der Waals surface area contributed by atoms with Crippen LogP contribution in [-0.2, 0) is 4.79 Å². The smallest absolute Gasteiger partial charge is 0.225 e. The van der Waals surface area contributed by atoms with Crippen LogP contribution in [0.25, 0.3) is 0 Å². The van der Waals surface area contributed by atoms with Gasteiger partial charge in [0.25, 0.3) is 0 Å². The van der Waals surface area contributed by atoms with Crippen LogP contribution in [0.15, 0.2) is 24.3 Å². The summed E-state index contributed by atoms with van der Waals surface area (Å²) in [6, 6.07) is 7.73. The number of amides is 1. The third kappa shape index (κ3) is 3.96. The SMILES string of the molecule is COc1ccc(NC(=O)C[C@@H](C)N2CCCC2)cc1. The largest absolute Gasteiger partial charge is 0.497 e. The molecule has 1 amide bonds. The topological polar surface area (TPSA) is 41.6 Å². The molecule has 104 valence electrons. The van der Waals surface area contributed by atoms with E-state index in [9.17, 15) is 4.79 Å². The highest BCUT2D eigenvalue weighted by atomic mass is 16.5. The Labute approximate surface area is 114 Å². The van der Waals surface area contributed by atoms with Crippen molar-refractivity contribution < 1.29 is 9.53 Å². The molecule has 0 radical (unpaired) electrons. The molecule has 0 aromatic heterocycles. The zero-order valence-corrected chi connectivity index (χ0v) is 11.7. The van der Waals surface area contributed by atoms with Gasteiger partial charge in [0.2, 0.25) is 5.91 Å². The molecule has 2 rings (SSSR count). The fourth-order valence-electron chi connectivity index (χ4n) is 2.47. The monoisotopic (exact) mass is 262 g/mol. The summed E-state index contributed by atoms with van der Waals surface area (Å²) in [4.78, 5) is 14.3. The number of benzene rings is 1. The highest BCUT2D eigenvalue weighted by molar-refractivity contribution is 5.91. The third-order valence-electron chi connectivity index (χ3n) is 3.62. The number of nitrogens with zero attached hydrogens (tertiary/aromatic N) is 1. The van der Waals surface area contributed by atoms with Gasteiger partial charge in [0.05, 0.1) is 7.11 Å². The lowest BCUT2D eigenvalue weighted by atomic mass is 10.2. The van der Waals surface area contributed by atoms with Gasteiger partial charge < -0.3 is 15.0 Å². The van der Waals surface area contributed by atoms with Crippen molar-refractivity contribution in [1.82, 2.24) is 4.90 Å². The van der Waals surface area contributed by atoms with Crippen LogP contribution >= 0.6 is 0 Å². The van der Waals surface area contributed by atoms with Gasteiger partial charge in [-0.2, -0.15) is 0 Å². The zero-order valence-electron chi connectivity index (χ0n) is 11.7. The molecule has 1 aliphatic rings. The summed E-state index contributed by atoms with van der Waals surface area (Å²) in [5.41, 5.74) is 0.819. The first-order chi connectivity index (χ1) is 9.19. The van der Waals surface area contributed by atoms with Gasteiger partial charge in [0.1, 0.15) is 5.75 Å². The van der Waals surface area contributed by atoms with Gasteiger partial charge in [-0.15, -0.1) is 0 Å². The van der Waals surface area contributed by atoms with Crippen LogP contribution in [0, 0.1) is 0 Å². The standard InChI is InChI=1S/C15H22N2O2/c1-12(17-9-3-4-10-17)11-15(18)16-13-5-7-14(19-2)8-6-13/h5-8,12H,3-4,9-11H2,1-2H3,(H,16,18)/t12-/m1/s1. The molecule has 4 heteroatoms. The maximum Gasteiger partial charge on any atom is 0.225 e. The predicted octanol–water partition coefficient (Wildman–Crippen LogP) is 2.51. The van der Waals surface area contributed by atoms with E-state index in [0.717, 1.165) is 24.5 Å². The number of hydrogen-bond acceptors (Lipinski definition) is 3. The van der Waals surface area contributed by atoms with Crippen molar-refractivity contribution in [3.05, 3.63) is 24.3 Å². The van der Waals surface area contributed by atoms with Crippen LogP contribution in [-0.4, -0.2) is 37.0 Å². The van der Waals surface area contributed by atoms with Crippen molar-refractivity contribution >= 4 is 11.6 Å². The normalized spacial score (nSPS) is 17.2. The van der Waals surface area contributed by atoms with Crippen molar-refractivity contribution in [3.63, 3.8) is 0 Å². The zero-order chi connectivity index (χ0) is 13.7. The fraction of sp³-hybridized carbons (Fsp3) is 0.533. The van der Waals surface area contributed by atoms with E-state index in [2.05, 4.69) is 17.1 Å². The second-order valence-corrected chi connectivity index (χ2v) is 5.07. The molecule has 1 atom stereocenters. The first kappa shape index (κ1) is 13.9.